The Morgan fingerprint density at radius 1 is 0.870 bits per heavy atom. The summed E-state index contributed by atoms with van der Waals surface area (Å²) < 4.78 is 1.94. The van der Waals surface area contributed by atoms with Gasteiger partial charge in [0.1, 0.15) is 5.82 Å². The molecular formula is C19H16N4. The van der Waals surface area contributed by atoms with E-state index in [4.69, 9.17) is 0 Å². The van der Waals surface area contributed by atoms with Crippen molar-refractivity contribution in [3.05, 3.63) is 84.7 Å². The van der Waals surface area contributed by atoms with E-state index >= 15 is 0 Å². The lowest BCUT2D eigenvalue weighted by atomic mass is 10.2. The molecule has 0 unspecified atom stereocenters. The van der Waals surface area contributed by atoms with E-state index in [9.17, 15) is 0 Å². The fraction of sp³-hybridized carbons (Fsp3) is 0.0526. The molecule has 0 aliphatic carbocycles. The Morgan fingerprint density at radius 2 is 1.61 bits per heavy atom. The number of benzene rings is 2. The van der Waals surface area contributed by atoms with Crippen LogP contribution in [0.25, 0.3) is 16.6 Å². The van der Waals surface area contributed by atoms with Crippen LogP contribution >= 0.6 is 0 Å². The van der Waals surface area contributed by atoms with Crippen LogP contribution in [0.3, 0.4) is 0 Å². The maximum Gasteiger partial charge on any atom is 0.137 e. The van der Waals surface area contributed by atoms with Crippen LogP contribution in [-0.2, 0) is 6.54 Å². The van der Waals surface area contributed by atoms with E-state index < -0.39 is 0 Å². The van der Waals surface area contributed by atoms with Crippen LogP contribution in [0.2, 0.25) is 0 Å². The van der Waals surface area contributed by atoms with Crippen molar-refractivity contribution in [1.82, 2.24) is 14.8 Å². The molecule has 0 amide bonds. The number of hydrogen-bond acceptors (Lipinski definition) is 3. The third-order valence-electron chi connectivity index (χ3n) is 3.80. The first-order chi connectivity index (χ1) is 11.4. The van der Waals surface area contributed by atoms with E-state index in [0.717, 1.165) is 29.0 Å². The largest absolute Gasteiger partial charge is 0.365 e. The van der Waals surface area contributed by atoms with Gasteiger partial charge in [-0.25, -0.2) is 9.67 Å². The molecule has 2 heterocycles. The second-order valence-corrected chi connectivity index (χ2v) is 5.32. The summed E-state index contributed by atoms with van der Waals surface area (Å²) in [7, 11) is 0. The van der Waals surface area contributed by atoms with Gasteiger partial charge in [-0.2, -0.15) is 5.10 Å². The summed E-state index contributed by atoms with van der Waals surface area (Å²) in [5, 5.41) is 8.94. The maximum absolute atomic E-state index is 4.52. The fourth-order valence-electron chi connectivity index (χ4n) is 2.65. The summed E-state index contributed by atoms with van der Waals surface area (Å²) in [6, 6.07) is 22.4. The number of nitrogens with zero attached hydrogens (tertiary/aromatic N) is 3. The van der Waals surface area contributed by atoms with Crippen LogP contribution < -0.4 is 5.32 Å². The molecule has 0 spiro atoms. The molecule has 4 rings (SSSR count). The van der Waals surface area contributed by atoms with E-state index in [1.54, 1.807) is 0 Å². The first-order valence-electron chi connectivity index (χ1n) is 7.58. The highest BCUT2D eigenvalue weighted by Gasteiger charge is 2.09. The molecule has 0 aliphatic rings. The van der Waals surface area contributed by atoms with Crippen molar-refractivity contribution in [2.75, 3.05) is 5.32 Å². The minimum absolute atomic E-state index is 0.740. The molecule has 0 saturated heterocycles. The Morgan fingerprint density at radius 3 is 2.39 bits per heavy atom. The van der Waals surface area contributed by atoms with E-state index in [1.165, 1.54) is 5.56 Å². The first-order valence-corrected chi connectivity index (χ1v) is 7.58. The highest BCUT2D eigenvalue weighted by Crippen LogP contribution is 2.23. The van der Waals surface area contributed by atoms with Crippen molar-refractivity contribution >= 4 is 16.7 Å². The van der Waals surface area contributed by atoms with E-state index in [2.05, 4.69) is 27.5 Å². The predicted octanol–water partition coefficient (Wildman–Crippen LogP) is 4.03. The smallest absolute Gasteiger partial charge is 0.137 e. The van der Waals surface area contributed by atoms with Crippen LogP contribution in [0.4, 0.5) is 5.82 Å². The van der Waals surface area contributed by atoms with Crippen LogP contribution in [0.15, 0.2) is 79.1 Å². The molecule has 1 N–H and O–H groups in total. The molecule has 2 aromatic heterocycles. The molecule has 0 bridgehead atoms. The lowest BCUT2D eigenvalue weighted by Gasteiger charge is -2.07. The van der Waals surface area contributed by atoms with Gasteiger partial charge in [0.25, 0.3) is 0 Å². The molecule has 0 atom stereocenters. The summed E-state index contributed by atoms with van der Waals surface area (Å²) in [5.74, 6) is 0.855. The summed E-state index contributed by atoms with van der Waals surface area (Å²) in [6.07, 6.45) is 3.68. The Balaban J connectivity index is 1.68. The molecule has 0 fully saturated rings. The third-order valence-corrected chi connectivity index (χ3v) is 3.80. The maximum atomic E-state index is 4.52. The number of anilines is 1. The molecule has 112 valence electrons. The van der Waals surface area contributed by atoms with Crippen LogP contribution in [0.5, 0.6) is 0 Å². The molecule has 0 aliphatic heterocycles. The van der Waals surface area contributed by atoms with Gasteiger partial charge in [-0.05, 0) is 23.8 Å². The third kappa shape index (κ3) is 2.66. The quantitative estimate of drug-likeness (QED) is 0.618. The van der Waals surface area contributed by atoms with Crippen molar-refractivity contribution in [2.45, 2.75) is 6.54 Å². The number of rotatable bonds is 4. The van der Waals surface area contributed by atoms with Crippen molar-refractivity contribution < 1.29 is 0 Å². The van der Waals surface area contributed by atoms with E-state index in [1.807, 2.05) is 71.7 Å². The Kier molecular flexibility index (Phi) is 3.48. The normalized spacial score (nSPS) is 10.8. The van der Waals surface area contributed by atoms with Gasteiger partial charge in [0, 0.05) is 12.7 Å². The number of fused-ring (bicyclic) bond motifs is 1. The molecule has 0 saturated carbocycles. The van der Waals surface area contributed by atoms with Crippen molar-refractivity contribution in [3.63, 3.8) is 0 Å². The molecule has 2 aromatic carbocycles. The number of para-hydroxylation sites is 1. The second kappa shape index (κ2) is 5.93. The van der Waals surface area contributed by atoms with Gasteiger partial charge >= 0.3 is 0 Å². The lowest BCUT2D eigenvalue weighted by molar-refractivity contribution is 0.910. The zero-order valence-electron chi connectivity index (χ0n) is 12.6. The predicted molar refractivity (Wildman–Crippen MR) is 92.6 cm³/mol. The zero-order valence-corrected chi connectivity index (χ0v) is 12.6. The Hall–Kier alpha value is -3.14. The fourth-order valence-corrected chi connectivity index (χ4v) is 2.65. The first kappa shape index (κ1) is 13.5. The van der Waals surface area contributed by atoms with Gasteiger partial charge in [0.15, 0.2) is 0 Å². The zero-order chi connectivity index (χ0) is 15.5. The van der Waals surface area contributed by atoms with Crippen LogP contribution in [0.1, 0.15) is 5.56 Å². The second-order valence-electron chi connectivity index (χ2n) is 5.32. The van der Waals surface area contributed by atoms with Crippen LogP contribution in [0, 0.1) is 0 Å². The molecule has 4 heteroatoms. The SMILES string of the molecule is c1ccc(CNc2nccc3c2cnn3-c2ccccc2)cc1. The van der Waals surface area contributed by atoms with E-state index in [0.29, 0.717) is 0 Å². The van der Waals surface area contributed by atoms with Crippen LogP contribution in [-0.4, -0.2) is 14.8 Å². The number of pyridine rings is 1. The Labute approximate surface area is 134 Å². The topological polar surface area (TPSA) is 42.7 Å². The average molecular weight is 300 g/mol. The van der Waals surface area contributed by atoms with Crippen molar-refractivity contribution in [3.8, 4) is 5.69 Å². The summed E-state index contributed by atoms with van der Waals surface area (Å²) in [5.41, 5.74) is 3.31. The van der Waals surface area contributed by atoms with Gasteiger partial charge in [-0.1, -0.05) is 48.5 Å². The molecule has 4 aromatic rings. The van der Waals surface area contributed by atoms with Crippen molar-refractivity contribution in [1.29, 1.82) is 0 Å². The highest BCUT2D eigenvalue weighted by molar-refractivity contribution is 5.89. The minimum atomic E-state index is 0.740. The van der Waals surface area contributed by atoms with Gasteiger partial charge in [0.2, 0.25) is 0 Å². The molecule has 0 radical (unpaired) electrons. The summed E-state index contributed by atoms with van der Waals surface area (Å²) in [4.78, 5) is 4.46. The molecule has 4 nitrogen and oxygen atoms in total. The number of aromatic nitrogens is 3. The van der Waals surface area contributed by atoms with Gasteiger partial charge < -0.3 is 5.32 Å². The minimum Gasteiger partial charge on any atom is -0.365 e. The average Bonchev–Trinajstić information content (AvgIpc) is 3.06. The molecule has 23 heavy (non-hydrogen) atoms. The van der Waals surface area contributed by atoms with Crippen molar-refractivity contribution in [2.24, 2.45) is 0 Å². The highest BCUT2D eigenvalue weighted by atomic mass is 15.3. The molecular weight excluding hydrogens is 284 g/mol. The summed E-state index contributed by atoms with van der Waals surface area (Å²) >= 11 is 0. The van der Waals surface area contributed by atoms with Gasteiger partial charge in [0.05, 0.1) is 22.8 Å². The Bertz CT molecular complexity index is 914. The monoisotopic (exact) mass is 300 g/mol. The van der Waals surface area contributed by atoms with Gasteiger partial charge in [-0.3, -0.25) is 0 Å². The lowest BCUT2D eigenvalue weighted by Crippen LogP contribution is -2.01. The standard InChI is InChI=1S/C19H16N4/c1-3-7-15(8-4-1)13-21-19-17-14-22-23(18(17)11-12-20-19)16-9-5-2-6-10-16/h1-12,14H,13H2,(H,20,21). The van der Waals surface area contributed by atoms with E-state index in [-0.39, 0.29) is 0 Å². The van der Waals surface area contributed by atoms with Gasteiger partial charge in [-0.15, -0.1) is 0 Å². The summed E-state index contributed by atoms with van der Waals surface area (Å²) in [6.45, 7) is 0.740. The number of hydrogen-bond donors (Lipinski definition) is 1. The number of nitrogens with one attached hydrogen (secondary N) is 1.